The average Bonchev–Trinajstić information content (AvgIpc) is 2.94. The Morgan fingerprint density at radius 2 is 2.00 bits per heavy atom. The highest BCUT2D eigenvalue weighted by molar-refractivity contribution is 5.74. The molecule has 26 heavy (non-hydrogen) atoms. The van der Waals surface area contributed by atoms with Gasteiger partial charge in [0.15, 0.2) is 0 Å². The van der Waals surface area contributed by atoms with Gasteiger partial charge in [-0.15, -0.1) is 5.06 Å². The van der Waals surface area contributed by atoms with Crippen molar-refractivity contribution in [3.8, 4) is 0 Å². The molecule has 0 bridgehead atoms. The van der Waals surface area contributed by atoms with Crippen LogP contribution in [0.5, 0.6) is 0 Å². The molecule has 6 nitrogen and oxygen atoms in total. The molecule has 0 aromatic heterocycles. The molecule has 1 amide bonds. The van der Waals surface area contributed by atoms with E-state index in [-0.39, 0.29) is 17.9 Å². The number of carbonyl (C=O) groups excluding carboxylic acids is 2. The van der Waals surface area contributed by atoms with E-state index in [9.17, 15) is 9.59 Å². The van der Waals surface area contributed by atoms with Crippen LogP contribution in [-0.2, 0) is 14.4 Å². The first-order valence-electron chi connectivity index (χ1n) is 9.26. The Bertz CT molecular complexity index is 598. The quantitative estimate of drug-likeness (QED) is 0.747. The molecule has 1 fully saturated rings. The largest absolute Gasteiger partial charge is 0.444 e. The molecular weight excluding hydrogens is 332 g/mol. The minimum Gasteiger partial charge on any atom is -0.444 e. The van der Waals surface area contributed by atoms with E-state index >= 15 is 0 Å². The molecule has 1 N–H and O–H groups in total. The molecule has 0 spiro atoms. The van der Waals surface area contributed by atoms with Gasteiger partial charge >= 0.3 is 12.1 Å². The Morgan fingerprint density at radius 3 is 2.65 bits per heavy atom. The molecule has 0 radical (unpaired) electrons. The smallest absolute Gasteiger partial charge is 0.407 e. The molecule has 0 unspecified atom stereocenters. The highest BCUT2D eigenvalue weighted by Gasteiger charge is 2.35. The van der Waals surface area contributed by atoms with Crippen molar-refractivity contribution in [1.29, 1.82) is 0 Å². The van der Waals surface area contributed by atoms with Crippen LogP contribution in [0.1, 0.15) is 58.6 Å². The second kappa shape index (κ2) is 9.03. The van der Waals surface area contributed by atoms with E-state index in [4.69, 9.17) is 9.57 Å². The molecule has 1 aliphatic rings. The van der Waals surface area contributed by atoms with Gasteiger partial charge in [-0.2, -0.15) is 0 Å². The molecular formula is C20H30N2O4. The molecule has 1 aliphatic heterocycles. The Morgan fingerprint density at radius 1 is 1.31 bits per heavy atom. The van der Waals surface area contributed by atoms with Crippen LogP contribution in [0.3, 0.4) is 0 Å². The number of hydrogen-bond donors (Lipinski definition) is 1. The number of ether oxygens (including phenoxy) is 1. The third kappa shape index (κ3) is 6.33. The summed E-state index contributed by atoms with van der Waals surface area (Å²) in [5.74, 6) is -0.268. The normalized spacial score (nSPS) is 19.1. The summed E-state index contributed by atoms with van der Waals surface area (Å²) in [6.45, 7) is 8.69. The summed E-state index contributed by atoms with van der Waals surface area (Å²) >= 11 is 0. The molecule has 144 valence electrons. The highest BCUT2D eigenvalue weighted by Crippen LogP contribution is 2.28. The standard InChI is InChI=1S/C20H30N2O4/c1-15(16-10-6-5-7-11-16)22-14-17(18(23)26-22)12-8-9-13-21-19(24)25-20(2,3)4/h5-7,10-11,15,17H,8-9,12-14H2,1-4H3,(H,21,24)/t15-,17+/m0/s1. The molecule has 6 heteroatoms. The molecule has 2 atom stereocenters. The maximum atomic E-state index is 12.1. The Labute approximate surface area is 155 Å². The Kier molecular flexibility index (Phi) is 7.03. The van der Waals surface area contributed by atoms with Crippen molar-refractivity contribution in [2.75, 3.05) is 13.1 Å². The van der Waals surface area contributed by atoms with Gasteiger partial charge in [-0.05, 0) is 46.1 Å². The molecule has 1 saturated heterocycles. The first-order chi connectivity index (χ1) is 12.3. The Hall–Kier alpha value is -2.08. The number of hydrogen-bond acceptors (Lipinski definition) is 5. The van der Waals surface area contributed by atoms with E-state index in [1.165, 1.54) is 0 Å². The fourth-order valence-corrected chi connectivity index (χ4v) is 2.88. The second-order valence-corrected chi connectivity index (χ2v) is 7.72. The number of benzene rings is 1. The van der Waals surface area contributed by atoms with Crippen LogP contribution in [0.2, 0.25) is 0 Å². The van der Waals surface area contributed by atoms with Gasteiger partial charge in [-0.3, -0.25) is 0 Å². The first kappa shape index (κ1) is 20.2. The lowest BCUT2D eigenvalue weighted by Gasteiger charge is -2.21. The monoisotopic (exact) mass is 362 g/mol. The lowest BCUT2D eigenvalue weighted by Crippen LogP contribution is -2.33. The molecule has 2 rings (SSSR count). The van der Waals surface area contributed by atoms with Crippen molar-refractivity contribution in [2.45, 2.75) is 58.6 Å². The minimum atomic E-state index is -0.489. The predicted octanol–water partition coefficient (Wildman–Crippen LogP) is 3.83. The van der Waals surface area contributed by atoms with Gasteiger partial charge < -0.3 is 14.9 Å². The summed E-state index contributed by atoms with van der Waals surface area (Å²) in [5, 5.41) is 4.50. The number of nitrogens with one attached hydrogen (secondary N) is 1. The zero-order chi connectivity index (χ0) is 19.2. The minimum absolute atomic E-state index is 0.0407. The summed E-state index contributed by atoms with van der Waals surface area (Å²) in [6.07, 6.45) is 2.01. The lowest BCUT2D eigenvalue weighted by atomic mass is 10.0. The van der Waals surface area contributed by atoms with Gasteiger partial charge in [0.05, 0.1) is 12.0 Å². The van der Waals surface area contributed by atoms with Gasteiger partial charge in [0.2, 0.25) is 0 Å². The van der Waals surface area contributed by atoms with Crippen molar-refractivity contribution < 1.29 is 19.2 Å². The maximum absolute atomic E-state index is 12.1. The topological polar surface area (TPSA) is 67.9 Å². The summed E-state index contributed by atoms with van der Waals surface area (Å²) in [5.41, 5.74) is 0.638. The average molecular weight is 362 g/mol. The van der Waals surface area contributed by atoms with Gasteiger partial charge in [-0.1, -0.05) is 36.8 Å². The number of amides is 1. The predicted molar refractivity (Wildman–Crippen MR) is 99.2 cm³/mol. The van der Waals surface area contributed by atoms with E-state index in [1.54, 1.807) is 5.06 Å². The summed E-state index contributed by atoms with van der Waals surface area (Å²) in [6, 6.07) is 10.1. The zero-order valence-corrected chi connectivity index (χ0v) is 16.2. The van der Waals surface area contributed by atoms with Crippen molar-refractivity contribution in [3.05, 3.63) is 35.9 Å². The highest BCUT2D eigenvalue weighted by atomic mass is 16.7. The van der Waals surface area contributed by atoms with E-state index in [2.05, 4.69) is 5.32 Å². The molecule has 1 heterocycles. The van der Waals surface area contributed by atoms with Crippen molar-refractivity contribution in [2.24, 2.45) is 5.92 Å². The third-order valence-corrected chi connectivity index (χ3v) is 4.30. The van der Waals surface area contributed by atoms with Crippen LogP contribution in [0.15, 0.2) is 30.3 Å². The number of carbonyl (C=O) groups is 2. The number of rotatable bonds is 7. The van der Waals surface area contributed by atoms with E-state index in [1.807, 2.05) is 58.0 Å². The summed E-state index contributed by atoms with van der Waals surface area (Å²) in [7, 11) is 0. The molecule has 0 saturated carbocycles. The van der Waals surface area contributed by atoms with Crippen LogP contribution < -0.4 is 5.32 Å². The number of hydroxylamine groups is 2. The van der Waals surface area contributed by atoms with Crippen molar-refractivity contribution in [1.82, 2.24) is 10.4 Å². The number of unbranched alkanes of at least 4 members (excludes halogenated alkanes) is 1. The van der Waals surface area contributed by atoms with Crippen LogP contribution in [0, 0.1) is 5.92 Å². The number of alkyl carbamates (subject to hydrolysis) is 1. The molecule has 0 aliphatic carbocycles. The first-order valence-corrected chi connectivity index (χ1v) is 9.26. The second-order valence-electron chi connectivity index (χ2n) is 7.72. The van der Waals surface area contributed by atoms with Gasteiger partial charge in [-0.25, -0.2) is 9.59 Å². The van der Waals surface area contributed by atoms with Gasteiger partial charge in [0.25, 0.3) is 0 Å². The Balaban J connectivity index is 1.68. The summed E-state index contributed by atoms with van der Waals surface area (Å²) < 4.78 is 5.19. The van der Waals surface area contributed by atoms with Crippen molar-refractivity contribution >= 4 is 12.1 Å². The SMILES string of the molecule is C[C@@H](c1ccccc1)N1C[C@@H](CCCCNC(=O)OC(C)(C)C)C(=O)O1. The number of nitrogens with zero attached hydrogens (tertiary/aromatic N) is 1. The van der Waals surface area contributed by atoms with E-state index in [0.717, 1.165) is 24.8 Å². The molecule has 1 aromatic rings. The summed E-state index contributed by atoms with van der Waals surface area (Å²) in [4.78, 5) is 29.1. The van der Waals surface area contributed by atoms with Crippen molar-refractivity contribution in [3.63, 3.8) is 0 Å². The van der Waals surface area contributed by atoms with Crippen LogP contribution >= 0.6 is 0 Å². The van der Waals surface area contributed by atoms with Crippen LogP contribution in [-0.4, -0.2) is 35.8 Å². The van der Waals surface area contributed by atoms with Gasteiger partial charge in [0, 0.05) is 13.1 Å². The fourth-order valence-electron chi connectivity index (χ4n) is 2.88. The van der Waals surface area contributed by atoms with Crippen LogP contribution in [0.25, 0.3) is 0 Å². The maximum Gasteiger partial charge on any atom is 0.407 e. The third-order valence-electron chi connectivity index (χ3n) is 4.30. The molecule has 1 aromatic carbocycles. The van der Waals surface area contributed by atoms with E-state index in [0.29, 0.717) is 13.1 Å². The fraction of sp³-hybridized carbons (Fsp3) is 0.600. The lowest BCUT2D eigenvalue weighted by molar-refractivity contribution is -0.179. The zero-order valence-electron chi connectivity index (χ0n) is 16.2. The van der Waals surface area contributed by atoms with Gasteiger partial charge in [0.1, 0.15) is 5.60 Å². The van der Waals surface area contributed by atoms with Crippen LogP contribution in [0.4, 0.5) is 4.79 Å². The van der Waals surface area contributed by atoms with E-state index < -0.39 is 11.7 Å².